The van der Waals surface area contributed by atoms with Crippen LogP contribution < -0.4 is 0 Å². The van der Waals surface area contributed by atoms with Crippen molar-refractivity contribution in [2.24, 2.45) is 0 Å². The average Bonchev–Trinajstić information content (AvgIpc) is 2.56. The number of hydrogen-bond donors (Lipinski definition) is 0. The molecule has 0 aromatic carbocycles. The number of rotatable bonds is 1. The predicted octanol–water partition coefficient (Wildman–Crippen LogP) is 1.89. The van der Waals surface area contributed by atoms with E-state index in [1.165, 1.54) is 11.3 Å². The second kappa shape index (κ2) is 3.23. The molecule has 1 aromatic rings. The second-order valence-electron chi connectivity index (χ2n) is 3.32. The predicted molar refractivity (Wildman–Crippen MR) is 47.2 cm³/mol. The topological polar surface area (TPSA) is 22.1 Å². The Bertz CT molecular complexity index is 266. The molecule has 0 N–H and O–H groups in total. The lowest BCUT2D eigenvalue weighted by molar-refractivity contribution is 0.193. The molecule has 0 spiro atoms. The number of ether oxygens (including phenoxy) is 1. The molecule has 0 bridgehead atoms. The van der Waals surface area contributed by atoms with Crippen molar-refractivity contribution in [3.05, 3.63) is 29.6 Å². The highest BCUT2D eigenvalue weighted by Crippen LogP contribution is 2.23. The summed E-state index contributed by atoms with van der Waals surface area (Å²) in [4.78, 5) is 4.34. The van der Waals surface area contributed by atoms with Crippen LogP contribution in [0.4, 0.5) is 0 Å². The SMILES string of the molecule is Cc1ccnc(C2CCOC2)c1. The molecule has 2 nitrogen and oxygen atoms in total. The molecule has 1 aliphatic rings. The fraction of sp³-hybridized carbons (Fsp3) is 0.500. The molecule has 0 saturated carbocycles. The van der Waals surface area contributed by atoms with Gasteiger partial charge in [0, 0.05) is 24.4 Å². The highest BCUT2D eigenvalue weighted by Gasteiger charge is 2.18. The van der Waals surface area contributed by atoms with E-state index in [0.29, 0.717) is 5.92 Å². The summed E-state index contributed by atoms with van der Waals surface area (Å²) >= 11 is 0. The summed E-state index contributed by atoms with van der Waals surface area (Å²) in [6.07, 6.45) is 3.00. The molecule has 0 radical (unpaired) electrons. The van der Waals surface area contributed by atoms with Gasteiger partial charge in [-0.3, -0.25) is 4.98 Å². The van der Waals surface area contributed by atoms with E-state index < -0.39 is 0 Å². The molecule has 1 saturated heterocycles. The number of hydrogen-bond acceptors (Lipinski definition) is 2. The van der Waals surface area contributed by atoms with Gasteiger partial charge in [0.1, 0.15) is 0 Å². The fourth-order valence-electron chi connectivity index (χ4n) is 1.55. The summed E-state index contributed by atoms with van der Waals surface area (Å²) < 4.78 is 5.31. The molecule has 2 heteroatoms. The normalized spacial score (nSPS) is 22.9. The van der Waals surface area contributed by atoms with Gasteiger partial charge in [0.2, 0.25) is 0 Å². The fourth-order valence-corrected chi connectivity index (χ4v) is 1.55. The molecular weight excluding hydrogens is 150 g/mol. The van der Waals surface area contributed by atoms with E-state index in [-0.39, 0.29) is 0 Å². The first-order chi connectivity index (χ1) is 5.86. The van der Waals surface area contributed by atoms with Gasteiger partial charge in [-0.25, -0.2) is 0 Å². The quantitative estimate of drug-likeness (QED) is 0.630. The van der Waals surface area contributed by atoms with Crippen molar-refractivity contribution in [2.45, 2.75) is 19.3 Å². The Hall–Kier alpha value is -0.890. The molecule has 1 fully saturated rings. The first-order valence-electron chi connectivity index (χ1n) is 4.36. The van der Waals surface area contributed by atoms with Crippen LogP contribution in [0, 0.1) is 6.92 Å². The maximum Gasteiger partial charge on any atom is 0.0550 e. The monoisotopic (exact) mass is 163 g/mol. The number of aryl methyl sites for hydroxylation is 1. The molecule has 1 aliphatic heterocycles. The third-order valence-corrected chi connectivity index (χ3v) is 2.28. The van der Waals surface area contributed by atoms with Gasteiger partial charge in [0.15, 0.2) is 0 Å². The highest BCUT2D eigenvalue weighted by atomic mass is 16.5. The molecule has 12 heavy (non-hydrogen) atoms. The third-order valence-electron chi connectivity index (χ3n) is 2.28. The molecule has 64 valence electrons. The van der Waals surface area contributed by atoms with Gasteiger partial charge in [-0.2, -0.15) is 0 Å². The average molecular weight is 163 g/mol. The summed E-state index contributed by atoms with van der Waals surface area (Å²) in [5.74, 6) is 0.532. The zero-order valence-electron chi connectivity index (χ0n) is 7.29. The van der Waals surface area contributed by atoms with Gasteiger partial charge in [0.25, 0.3) is 0 Å². The first-order valence-corrected chi connectivity index (χ1v) is 4.36. The number of aromatic nitrogens is 1. The van der Waals surface area contributed by atoms with Crippen molar-refractivity contribution in [2.75, 3.05) is 13.2 Å². The third kappa shape index (κ3) is 1.48. The van der Waals surface area contributed by atoms with Gasteiger partial charge >= 0.3 is 0 Å². The van der Waals surface area contributed by atoms with E-state index in [1.54, 1.807) is 0 Å². The second-order valence-corrected chi connectivity index (χ2v) is 3.32. The minimum absolute atomic E-state index is 0.532. The molecule has 2 rings (SSSR count). The van der Waals surface area contributed by atoms with Crippen molar-refractivity contribution in [3.63, 3.8) is 0 Å². The van der Waals surface area contributed by atoms with E-state index in [0.717, 1.165) is 19.6 Å². The Morgan fingerprint density at radius 3 is 3.17 bits per heavy atom. The van der Waals surface area contributed by atoms with Crippen LogP contribution in [0.15, 0.2) is 18.3 Å². The van der Waals surface area contributed by atoms with Gasteiger partial charge in [0.05, 0.1) is 6.61 Å². The number of pyridine rings is 1. The zero-order chi connectivity index (χ0) is 8.39. The molecule has 0 amide bonds. The Balaban J connectivity index is 2.21. The van der Waals surface area contributed by atoms with Crippen LogP contribution in [0.2, 0.25) is 0 Å². The van der Waals surface area contributed by atoms with Crippen molar-refractivity contribution < 1.29 is 4.74 Å². The van der Waals surface area contributed by atoms with E-state index in [4.69, 9.17) is 4.74 Å². The van der Waals surface area contributed by atoms with E-state index in [2.05, 4.69) is 18.0 Å². The Morgan fingerprint density at radius 1 is 1.58 bits per heavy atom. The van der Waals surface area contributed by atoms with Crippen LogP contribution >= 0.6 is 0 Å². The maximum atomic E-state index is 5.31. The summed E-state index contributed by atoms with van der Waals surface area (Å²) in [6, 6.07) is 4.18. The molecule has 1 unspecified atom stereocenters. The van der Waals surface area contributed by atoms with Crippen molar-refractivity contribution >= 4 is 0 Å². The minimum atomic E-state index is 0.532. The van der Waals surface area contributed by atoms with E-state index in [9.17, 15) is 0 Å². The van der Waals surface area contributed by atoms with Crippen LogP contribution in [0.5, 0.6) is 0 Å². The Kier molecular flexibility index (Phi) is 2.09. The lowest BCUT2D eigenvalue weighted by atomic mass is 10.0. The van der Waals surface area contributed by atoms with Gasteiger partial charge in [-0.15, -0.1) is 0 Å². The van der Waals surface area contributed by atoms with Crippen LogP contribution in [0.25, 0.3) is 0 Å². The summed E-state index contributed by atoms with van der Waals surface area (Å²) in [7, 11) is 0. The van der Waals surface area contributed by atoms with Crippen LogP contribution in [0.1, 0.15) is 23.6 Å². The Morgan fingerprint density at radius 2 is 2.50 bits per heavy atom. The molecule has 1 atom stereocenters. The molecule has 1 aromatic heterocycles. The highest BCUT2D eigenvalue weighted by molar-refractivity contribution is 5.18. The summed E-state index contributed by atoms with van der Waals surface area (Å²) in [5, 5.41) is 0. The van der Waals surface area contributed by atoms with Crippen molar-refractivity contribution in [1.82, 2.24) is 4.98 Å². The van der Waals surface area contributed by atoms with E-state index in [1.807, 2.05) is 12.3 Å². The Labute approximate surface area is 72.6 Å². The van der Waals surface area contributed by atoms with Gasteiger partial charge in [-0.1, -0.05) is 0 Å². The van der Waals surface area contributed by atoms with E-state index >= 15 is 0 Å². The van der Waals surface area contributed by atoms with Gasteiger partial charge < -0.3 is 4.74 Å². The minimum Gasteiger partial charge on any atom is -0.381 e. The van der Waals surface area contributed by atoms with Crippen LogP contribution in [0.3, 0.4) is 0 Å². The first kappa shape index (κ1) is 7.74. The standard InChI is InChI=1S/C10H13NO/c1-8-2-4-11-10(6-8)9-3-5-12-7-9/h2,4,6,9H,3,5,7H2,1H3. The largest absolute Gasteiger partial charge is 0.381 e. The molecule has 0 aliphatic carbocycles. The molecule has 2 heterocycles. The van der Waals surface area contributed by atoms with Gasteiger partial charge in [-0.05, 0) is 31.0 Å². The maximum absolute atomic E-state index is 5.31. The number of nitrogens with zero attached hydrogens (tertiary/aromatic N) is 1. The van der Waals surface area contributed by atoms with Crippen LogP contribution in [-0.2, 0) is 4.74 Å². The summed E-state index contributed by atoms with van der Waals surface area (Å²) in [5.41, 5.74) is 2.47. The van der Waals surface area contributed by atoms with Crippen LogP contribution in [-0.4, -0.2) is 18.2 Å². The lowest BCUT2D eigenvalue weighted by Crippen LogP contribution is -2.00. The summed E-state index contributed by atoms with van der Waals surface area (Å²) in [6.45, 7) is 3.83. The molecular formula is C10H13NO. The van der Waals surface area contributed by atoms with Crippen molar-refractivity contribution in [1.29, 1.82) is 0 Å². The zero-order valence-corrected chi connectivity index (χ0v) is 7.29. The lowest BCUT2D eigenvalue weighted by Gasteiger charge is -2.06. The smallest absolute Gasteiger partial charge is 0.0550 e. The van der Waals surface area contributed by atoms with Crippen molar-refractivity contribution in [3.8, 4) is 0 Å².